The summed E-state index contributed by atoms with van der Waals surface area (Å²) in [6, 6.07) is 14.8. The molecule has 0 aromatic heterocycles. The molecule has 2 aromatic rings. The molecule has 2 N–H and O–H groups in total. The highest BCUT2D eigenvalue weighted by atomic mass is 16.5. The summed E-state index contributed by atoms with van der Waals surface area (Å²) in [6.07, 6.45) is 0.886. The van der Waals surface area contributed by atoms with Gasteiger partial charge in [0, 0.05) is 6.54 Å². The molecule has 126 valence electrons. The topological polar surface area (TPSA) is 75.6 Å². The second-order valence-corrected chi connectivity index (χ2v) is 5.48. The monoisotopic (exact) mass is 327 g/mol. The Morgan fingerprint density at radius 1 is 1.04 bits per heavy atom. The van der Waals surface area contributed by atoms with Crippen LogP contribution >= 0.6 is 0 Å². The van der Waals surface area contributed by atoms with E-state index in [1.165, 1.54) is 0 Å². The SMILES string of the molecule is COc1ccccc1CCNC(=O)Cc1cccc(CC(=O)O)c1. The number of hydrogen-bond acceptors (Lipinski definition) is 3. The van der Waals surface area contributed by atoms with Crippen molar-refractivity contribution in [3.8, 4) is 5.75 Å². The van der Waals surface area contributed by atoms with Crippen LogP contribution in [0.2, 0.25) is 0 Å². The van der Waals surface area contributed by atoms with E-state index >= 15 is 0 Å². The first kappa shape index (κ1) is 17.5. The minimum atomic E-state index is -0.881. The normalized spacial score (nSPS) is 10.2. The molecule has 0 aliphatic rings. The zero-order chi connectivity index (χ0) is 17.4. The molecule has 0 radical (unpaired) electrons. The quantitative estimate of drug-likeness (QED) is 0.779. The molecule has 0 heterocycles. The fourth-order valence-electron chi connectivity index (χ4n) is 2.52. The largest absolute Gasteiger partial charge is 0.496 e. The third-order valence-corrected chi connectivity index (χ3v) is 3.62. The van der Waals surface area contributed by atoms with E-state index in [2.05, 4.69) is 5.32 Å². The Labute approximate surface area is 141 Å². The highest BCUT2D eigenvalue weighted by molar-refractivity contribution is 5.78. The molecule has 0 aliphatic carbocycles. The van der Waals surface area contributed by atoms with Gasteiger partial charge >= 0.3 is 5.97 Å². The molecule has 0 atom stereocenters. The van der Waals surface area contributed by atoms with Crippen molar-refractivity contribution in [1.29, 1.82) is 0 Å². The number of benzene rings is 2. The first-order chi connectivity index (χ1) is 11.6. The fourth-order valence-corrected chi connectivity index (χ4v) is 2.52. The summed E-state index contributed by atoms with van der Waals surface area (Å²) in [5.41, 5.74) is 2.55. The maximum absolute atomic E-state index is 12.0. The number of carbonyl (C=O) groups is 2. The van der Waals surface area contributed by atoms with Crippen molar-refractivity contribution in [2.75, 3.05) is 13.7 Å². The average molecular weight is 327 g/mol. The van der Waals surface area contributed by atoms with Gasteiger partial charge in [0.25, 0.3) is 0 Å². The first-order valence-corrected chi connectivity index (χ1v) is 7.76. The minimum Gasteiger partial charge on any atom is -0.496 e. The Hall–Kier alpha value is -2.82. The second-order valence-electron chi connectivity index (χ2n) is 5.48. The predicted octanol–water partition coefficient (Wildman–Crippen LogP) is 2.22. The highest BCUT2D eigenvalue weighted by Gasteiger charge is 2.07. The van der Waals surface area contributed by atoms with Gasteiger partial charge in [-0.1, -0.05) is 42.5 Å². The molecule has 0 bridgehead atoms. The van der Waals surface area contributed by atoms with Gasteiger partial charge in [-0.05, 0) is 29.2 Å². The van der Waals surface area contributed by atoms with Gasteiger partial charge in [0.2, 0.25) is 5.91 Å². The molecule has 0 aliphatic heterocycles. The Balaban J connectivity index is 1.84. The maximum Gasteiger partial charge on any atom is 0.307 e. The molecule has 5 heteroatoms. The lowest BCUT2D eigenvalue weighted by Crippen LogP contribution is -2.27. The molecule has 0 saturated carbocycles. The number of aliphatic carboxylic acids is 1. The van der Waals surface area contributed by atoms with E-state index in [0.29, 0.717) is 18.5 Å². The van der Waals surface area contributed by atoms with E-state index in [9.17, 15) is 9.59 Å². The van der Waals surface area contributed by atoms with E-state index < -0.39 is 5.97 Å². The van der Waals surface area contributed by atoms with Crippen LogP contribution in [-0.2, 0) is 28.9 Å². The molecular weight excluding hydrogens is 306 g/mol. The molecule has 0 saturated heterocycles. The molecule has 0 fully saturated rings. The zero-order valence-corrected chi connectivity index (χ0v) is 13.6. The summed E-state index contributed by atoms with van der Waals surface area (Å²) in [5, 5.41) is 11.7. The summed E-state index contributed by atoms with van der Waals surface area (Å²) in [7, 11) is 1.63. The standard InChI is InChI=1S/C19H21NO4/c1-24-17-8-3-2-7-16(17)9-10-20-18(21)12-14-5-4-6-15(11-14)13-19(22)23/h2-8,11H,9-10,12-13H2,1H3,(H,20,21)(H,22,23). The average Bonchev–Trinajstić information content (AvgIpc) is 2.55. The van der Waals surface area contributed by atoms with Crippen molar-refractivity contribution < 1.29 is 19.4 Å². The van der Waals surface area contributed by atoms with E-state index in [4.69, 9.17) is 9.84 Å². The highest BCUT2D eigenvalue weighted by Crippen LogP contribution is 2.17. The molecule has 5 nitrogen and oxygen atoms in total. The fraction of sp³-hybridized carbons (Fsp3) is 0.263. The summed E-state index contributed by atoms with van der Waals surface area (Å²) in [6.45, 7) is 0.522. The van der Waals surface area contributed by atoms with Gasteiger partial charge in [-0.25, -0.2) is 0 Å². The van der Waals surface area contributed by atoms with Gasteiger partial charge in [-0.15, -0.1) is 0 Å². The van der Waals surface area contributed by atoms with E-state index in [-0.39, 0.29) is 18.7 Å². The van der Waals surface area contributed by atoms with Crippen LogP contribution in [-0.4, -0.2) is 30.6 Å². The molecule has 2 aromatic carbocycles. The van der Waals surface area contributed by atoms with Crippen LogP contribution in [0.4, 0.5) is 0 Å². The number of carboxylic acids is 1. The van der Waals surface area contributed by atoms with Crippen LogP contribution in [0.1, 0.15) is 16.7 Å². The molecule has 0 unspecified atom stereocenters. The van der Waals surface area contributed by atoms with Gasteiger partial charge in [-0.3, -0.25) is 9.59 Å². The molecular formula is C19H21NO4. The lowest BCUT2D eigenvalue weighted by Gasteiger charge is -2.09. The zero-order valence-electron chi connectivity index (χ0n) is 13.6. The van der Waals surface area contributed by atoms with Gasteiger partial charge < -0.3 is 15.2 Å². The number of amides is 1. The van der Waals surface area contributed by atoms with Gasteiger partial charge in [0.1, 0.15) is 5.75 Å². The van der Waals surface area contributed by atoms with Crippen LogP contribution in [0.5, 0.6) is 5.75 Å². The van der Waals surface area contributed by atoms with Crippen LogP contribution in [0.25, 0.3) is 0 Å². The van der Waals surface area contributed by atoms with Crippen molar-refractivity contribution >= 4 is 11.9 Å². The predicted molar refractivity (Wildman–Crippen MR) is 91.2 cm³/mol. The number of nitrogens with one attached hydrogen (secondary N) is 1. The third kappa shape index (κ3) is 5.43. The third-order valence-electron chi connectivity index (χ3n) is 3.62. The second kappa shape index (κ2) is 8.72. The van der Waals surface area contributed by atoms with Crippen LogP contribution in [0.3, 0.4) is 0 Å². The van der Waals surface area contributed by atoms with Crippen molar-refractivity contribution in [3.05, 3.63) is 65.2 Å². The lowest BCUT2D eigenvalue weighted by molar-refractivity contribution is -0.136. The summed E-state index contributed by atoms with van der Waals surface area (Å²) < 4.78 is 5.28. The molecule has 1 amide bonds. The lowest BCUT2D eigenvalue weighted by atomic mass is 10.1. The van der Waals surface area contributed by atoms with Gasteiger partial charge in [0.15, 0.2) is 0 Å². The Bertz CT molecular complexity index is 712. The number of hydrogen-bond donors (Lipinski definition) is 2. The first-order valence-electron chi connectivity index (χ1n) is 7.76. The van der Waals surface area contributed by atoms with E-state index in [1.807, 2.05) is 30.3 Å². The Morgan fingerprint density at radius 2 is 1.75 bits per heavy atom. The van der Waals surface area contributed by atoms with E-state index in [1.54, 1.807) is 25.3 Å². The van der Waals surface area contributed by atoms with Crippen LogP contribution in [0, 0.1) is 0 Å². The van der Waals surface area contributed by atoms with E-state index in [0.717, 1.165) is 16.9 Å². The van der Waals surface area contributed by atoms with Gasteiger partial charge in [0.05, 0.1) is 20.0 Å². The van der Waals surface area contributed by atoms with Gasteiger partial charge in [-0.2, -0.15) is 0 Å². The van der Waals surface area contributed by atoms with Crippen LogP contribution < -0.4 is 10.1 Å². The summed E-state index contributed by atoms with van der Waals surface area (Å²) >= 11 is 0. The van der Waals surface area contributed by atoms with Crippen molar-refractivity contribution in [3.63, 3.8) is 0 Å². The number of rotatable bonds is 8. The number of carbonyl (C=O) groups excluding carboxylic acids is 1. The Kier molecular flexibility index (Phi) is 6.37. The summed E-state index contributed by atoms with van der Waals surface area (Å²) in [5.74, 6) is -0.154. The number of carboxylic acid groups (broad SMARTS) is 1. The summed E-state index contributed by atoms with van der Waals surface area (Å²) in [4.78, 5) is 22.8. The minimum absolute atomic E-state index is 0.0384. The van der Waals surface area contributed by atoms with Crippen molar-refractivity contribution in [2.24, 2.45) is 0 Å². The number of para-hydroxylation sites is 1. The molecule has 24 heavy (non-hydrogen) atoms. The van der Waals surface area contributed by atoms with Crippen molar-refractivity contribution in [2.45, 2.75) is 19.3 Å². The smallest absolute Gasteiger partial charge is 0.307 e. The van der Waals surface area contributed by atoms with Crippen molar-refractivity contribution in [1.82, 2.24) is 5.32 Å². The van der Waals surface area contributed by atoms with Crippen LogP contribution in [0.15, 0.2) is 48.5 Å². The number of methoxy groups -OCH3 is 1. The Morgan fingerprint density at radius 3 is 2.46 bits per heavy atom. The molecule has 0 spiro atoms. The maximum atomic E-state index is 12.0. The number of ether oxygens (including phenoxy) is 1. The molecule has 2 rings (SSSR count).